The number of benzene rings is 1. The van der Waals surface area contributed by atoms with Gasteiger partial charge < -0.3 is 15.2 Å². The predicted molar refractivity (Wildman–Crippen MR) is 71.5 cm³/mol. The number of ether oxygens (including phenoxy) is 2. The van der Waals surface area contributed by atoms with Gasteiger partial charge in [-0.3, -0.25) is 0 Å². The van der Waals surface area contributed by atoms with Crippen LogP contribution in [-0.2, 0) is 0 Å². The lowest BCUT2D eigenvalue weighted by Crippen LogP contribution is -2.27. The van der Waals surface area contributed by atoms with E-state index in [1.807, 2.05) is 25.1 Å². The number of rotatable bonds is 3. The minimum atomic E-state index is 0.188. The molecule has 1 atom stereocenters. The smallest absolute Gasteiger partial charge is 0.169 e. The molecule has 1 aromatic carbocycles. The highest BCUT2D eigenvalue weighted by Crippen LogP contribution is 2.33. The summed E-state index contributed by atoms with van der Waals surface area (Å²) in [6.07, 6.45) is 0.749. The number of hydrogen-bond acceptors (Lipinski definition) is 5. The number of methoxy groups -OCH3 is 2. The van der Waals surface area contributed by atoms with Gasteiger partial charge in [-0.1, -0.05) is 13.0 Å². The van der Waals surface area contributed by atoms with Crippen LogP contribution >= 0.6 is 0 Å². The molecule has 96 valence electrons. The number of hydrogen-bond donors (Lipinski definition) is 1. The molecule has 1 heterocycles. The van der Waals surface area contributed by atoms with Crippen molar-refractivity contribution in [2.24, 2.45) is 21.9 Å². The molecule has 0 amide bonds. The monoisotopic (exact) mass is 247 g/mol. The summed E-state index contributed by atoms with van der Waals surface area (Å²) in [5.41, 5.74) is 7.50. The van der Waals surface area contributed by atoms with Crippen molar-refractivity contribution < 1.29 is 9.47 Å². The van der Waals surface area contributed by atoms with Crippen molar-refractivity contribution in [3.63, 3.8) is 0 Å². The Kier molecular flexibility index (Phi) is 3.50. The quantitative estimate of drug-likeness (QED) is 0.885. The highest BCUT2D eigenvalue weighted by molar-refractivity contribution is 6.07. The van der Waals surface area contributed by atoms with Crippen molar-refractivity contribution >= 4 is 11.5 Å². The molecule has 1 aromatic rings. The Labute approximate surface area is 106 Å². The first-order valence-corrected chi connectivity index (χ1v) is 5.78. The predicted octanol–water partition coefficient (Wildman–Crippen LogP) is 1.80. The molecule has 5 heteroatoms. The van der Waals surface area contributed by atoms with Gasteiger partial charge in [0.25, 0.3) is 0 Å². The second-order valence-electron chi connectivity index (χ2n) is 4.22. The minimum absolute atomic E-state index is 0.188. The second kappa shape index (κ2) is 5.08. The van der Waals surface area contributed by atoms with Gasteiger partial charge in [0.2, 0.25) is 0 Å². The summed E-state index contributed by atoms with van der Waals surface area (Å²) in [4.78, 5) is 0. The van der Waals surface area contributed by atoms with Gasteiger partial charge in [0, 0.05) is 17.9 Å². The van der Waals surface area contributed by atoms with Crippen molar-refractivity contribution in [2.45, 2.75) is 13.3 Å². The number of amidine groups is 1. The molecule has 0 bridgehead atoms. The summed E-state index contributed by atoms with van der Waals surface area (Å²) in [6, 6.07) is 5.71. The fourth-order valence-electron chi connectivity index (χ4n) is 1.93. The van der Waals surface area contributed by atoms with E-state index in [9.17, 15) is 0 Å². The van der Waals surface area contributed by atoms with E-state index in [0.29, 0.717) is 17.3 Å². The summed E-state index contributed by atoms with van der Waals surface area (Å²) in [5.74, 6) is 2.13. The third-order valence-corrected chi connectivity index (χ3v) is 3.00. The number of nitrogens with two attached hydrogens (primary N) is 1. The average Bonchev–Trinajstić information content (AvgIpc) is 2.40. The van der Waals surface area contributed by atoms with Crippen LogP contribution in [0.1, 0.15) is 18.9 Å². The van der Waals surface area contributed by atoms with Crippen LogP contribution in [-0.4, -0.2) is 25.8 Å². The van der Waals surface area contributed by atoms with Gasteiger partial charge in [0.05, 0.1) is 19.9 Å². The molecule has 0 aliphatic carbocycles. The van der Waals surface area contributed by atoms with Gasteiger partial charge in [-0.25, -0.2) is 0 Å². The Hall–Kier alpha value is -2.04. The zero-order valence-electron chi connectivity index (χ0n) is 10.8. The lowest BCUT2D eigenvalue weighted by Gasteiger charge is -2.18. The summed E-state index contributed by atoms with van der Waals surface area (Å²) >= 11 is 0. The molecule has 2 rings (SSSR count). The van der Waals surface area contributed by atoms with Gasteiger partial charge in [0.15, 0.2) is 11.5 Å². The van der Waals surface area contributed by atoms with Crippen molar-refractivity contribution in [2.75, 3.05) is 14.2 Å². The molecule has 1 aliphatic heterocycles. The molecule has 2 N–H and O–H groups in total. The number of nitrogens with zero attached hydrogens (tertiary/aromatic N) is 2. The second-order valence-corrected chi connectivity index (χ2v) is 4.22. The molecular weight excluding hydrogens is 230 g/mol. The van der Waals surface area contributed by atoms with Gasteiger partial charge in [-0.15, -0.1) is 5.10 Å². The summed E-state index contributed by atoms with van der Waals surface area (Å²) in [6.45, 7) is 2.03. The van der Waals surface area contributed by atoms with Crippen molar-refractivity contribution in [3.05, 3.63) is 23.8 Å². The van der Waals surface area contributed by atoms with E-state index in [4.69, 9.17) is 15.2 Å². The van der Waals surface area contributed by atoms with Crippen molar-refractivity contribution in [1.82, 2.24) is 0 Å². The lowest BCUT2D eigenvalue weighted by molar-refractivity contribution is 0.354. The van der Waals surface area contributed by atoms with E-state index in [-0.39, 0.29) is 5.92 Å². The molecule has 0 aromatic heterocycles. The van der Waals surface area contributed by atoms with Crippen LogP contribution in [0.4, 0.5) is 0 Å². The number of para-hydroxylation sites is 1. The molecule has 18 heavy (non-hydrogen) atoms. The average molecular weight is 247 g/mol. The van der Waals surface area contributed by atoms with Gasteiger partial charge in [0.1, 0.15) is 5.84 Å². The Morgan fingerprint density at radius 3 is 2.61 bits per heavy atom. The van der Waals surface area contributed by atoms with Crippen LogP contribution < -0.4 is 15.2 Å². The van der Waals surface area contributed by atoms with Gasteiger partial charge in [-0.05, 0) is 12.1 Å². The largest absolute Gasteiger partial charge is 0.493 e. The lowest BCUT2D eigenvalue weighted by atomic mass is 9.96. The molecule has 1 unspecified atom stereocenters. The zero-order chi connectivity index (χ0) is 13.1. The SMILES string of the molecule is COc1cccc(C2=NN=C(N)C(C)C2)c1OC. The maximum absolute atomic E-state index is 5.73. The van der Waals surface area contributed by atoms with Gasteiger partial charge in [-0.2, -0.15) is 5.10 Å². The molecule has 1 aliphatic rings. The standard InChI is InChI=1S/C13H17N3O2/c1-8-7-10(15-16-13(8)14)9-5-4-6-11(17-2)12(9)18-3/h4-6,8H,7H2,1-3H3,(H2,14,16). The van der Waals surface area contributed by atoms with Gasteiger partial charge >= 0.3 is 0 Å². The third-order valence-electron chi connectivity index (χ3n) is 3.00. The van der Waals surface area contributed by atoms with Crippen molar-refractivity contribution in [1.29, 1.82) is 0 Å². The van der Waals surface area contributed by atoms with E-state index in [0.717, 1.165) is 17.7 Å². The zero-order valence-corrected chi connectivity index (χ0v) is 10.8. The summed E-state index contributed by atoms with van der Waals surface area (Å²) in [7, 11) is 3.23. The third kappa shape index (κ3) is 2.16. The Balaban J connectivity index is 2.46. The van der Waals surface area contributed by atoms with E-state index in [2.05, 4.69) is 10.2 Å². The molecule has 0 saturated carbocycles. The normalized spacial score (nSPS) is 18.9. The van der Waals surface area contributed by atoms with E-state index in [1.165, 1.54) is 0 Å². The Bertz CT molecular complexity index is 509. The molecule has 5 nitrogen and oxygen atoms in total. The molecule has 0 saturated heterocycles. The minimum Gasteiger partial charge on any atom is -0.493 e. The van der Waals surface area contributed by atoms with E-state index >= 15 is 0 Å². The first-order valence-electron chi connectivity index (χ1n) is 5.78. The maximum atomic E-state index is 5.73. The fraction of sp³-hybridized carbons (Fsp3) is 0.385. The van der Waals surface area contributed by atoms with Crippen LogP contribution in [0.15, 0.2) is 28.4 Å². The summed E-state index contributed by atoms with van der Waals surface area (Å²) < 4.78 is 10.7. The maximum Gasteiger partial charge on any atom is 0.169 e. The first kappa shape index (κ1) is 12.4. The van der Waals surface area contributed by atoms with E-state index in [1.54, 1.807) is 14.2 Å². The molecule has 0 fully saturated rings. The van der Waals surface area contributed by atoms with Crippen LogP contribution in [0.5, 0.6) is 11.5 Å². The Morgan fingerprint density at radius 1 is 1.22 bits per heavy atom. The van der Waals surface area contributed by atoms with E-state index < -0.39 is 0 Å². The fourth-order valence-corrected chi connectivity index (χ4v) is 1.93. The van der Waals surface area contributed by atoms with Crippen LogP contribution in [0, 0.1) is 5.92 Å². The highest BCUT2D eigenvalue weighted by Gasteiger charge is 2.21. The molecule has 0 radical (unpaired) electrons. The first-order chi connectivity index (χ1) is 8.67. The van der Waals surface area contributed by atoms with Crippen molar-refractivity contribution in [3.8, 4) is 11.5 Å². The van der Waals surface area contributed by atoms with Crippen LogP contribution in [0.3, 0.4) is 0 Å². The Morgan fingerprint density at radius 2 is 2.00 bits per heavy atom. The topological polar surface area (TPSA) is 69.2 Å². The summed E-state index contributed by atoms with van der Waals surface area (Å²) in [5, 5.41) is 8.14. The molecular formula is C13H17N3O2. The highest BCUT2D eigenvalue weighted by atomic mass is 16.5. The van der Waals surface area contributed by atoms with Crippen LogP contribution in [0.25, 0.3) is 0 Å². The van der Waals surface area contributed by atoms with Crippen LogP contribution in [0.2, 0.25) is 0 Å². The molecule has 0 spiro atoms.